The lowest BCUT2D eigenvalue weighted by Gasteiger charge is -2.27. The highest BCUT2D eigenvalue weighted by Crippen LogP contribution is 2.29. The van der Waals surface area contributed by atoms with Gasteiger partial charge in [0, 0.05) is 17.0 Å². The van der Waals surface area contributed by atoms with Gasteiger partial charge in [-0.15, -0.1) is 0 Å². The van der Waals surface area contributed by atoms with Crippen molar-refractivity contribution in [3.05, 3.63) is 83.2 Å². The molecule has 0 atom stereocenters. The van der Waals surface area contributed by atoms with Crippen LogP contribution in [-0.2, 0) is 0 Å². The minimum atomic E-state index is -1.61. The zero-order chi connectivity index (χ0) is 23.1. The van der Waals surface area contributed by atoms with Crippen LogP contribution < -0.4 is 15.8 Å². The van der Waals surface area contributed by atoms with Gasteiger partial charge in [0.25, 0.3) is 5.91 Å². The highest BCUT2D eigenvalue weighted by molar-refractivity contribution is 6.58. The molecule has 8 nitrogen and oxygen atoms in total. The molecule has 0 spiro atoms. The van der Waals surface area contributed by atoms with Crippen LogP contribution in [0.5, 0.6) is 0 Å². The molecule has 1 amide bonds. The molecule has 0 radical (unpaired) electrons. The summed E-state index contributed by atoms with van der Waals surface area (Å²) in [5, 5.41) is 31.9. The van der Waals surface area contributed by atoms with Crippen LogP contribution in [0.2, 0.25) is 0 Å². The average Bonchev–Trinajstić information content (AvgIpc) is 2.73. The van der Waals surface area contributed by atoms with E-state index in [-0.39, 0.29) is 11.1 Å². The molecule has 0 aliphatic heterocycles. The first kappa shape index (κ1) is 23.6. The van der Waals surface area contributed by atoms with E-state index in [9.17, 15) is 24.7 Å². The van der Waals surface area contributed by atoms with E-state index in [1.54, 1.807) is 30.0 Å². The van der Waals surface area contributed by atoms with E-state index < -0.39 is 19.0 Å². The number of benzene rings is 2. The van der Waals surface area contributed by atoms with Crippen molar-refractivity contribution in [1.82, 2.24) is 5.43 Å². The van der Waals surface area contributed by atoms with Crippen molar-refractivity contribution in [2.45, 2.75) is 20.8 Å². The maximum atomic E-state index is 12.6. The fraction of sp³-hybridized carbons (Fsp3) is 0.136. The summed E-state index contributed by atoms with van der Waals surface area (Å²) in [5.41, 5.74) is 5.16. The van der Waals surface area contributed by atoms with Crippen LogP contribution >= 0.6 is 0 Å². The molecule has 0 fully saturated rings. The van der Waals surface area contributed by atoms with Crippen molar-refractivity contribution in [3.63, 3.8) is 0 Å². The largest absolute Gasteiger partial charge is 0.488 e. The Hall–Kier alpha value is -3.69. The Bertz CT molecular complexity index is 1060. The summed E-state index contributed by atoms with van der Waals surface area (Å²) >= 11 is 0. The monoisotopic (exact) mass is 421 g/mol. The van der Waals surface area contributed by atoms with Crippen molar-refractivity contribution >= 4 is 36.4 Å². The predicted octanol–water partition coefficient (Wildman–Crippen LogP) is 2.09. The molecule has 2 aromatic carbocycles. The molecule has 0 aromatic heterocycles. The fourth-order valence-electron chi connectivity index (χ4n) is 2.89. The van der Waals surface area contributed by atoms with E-state index >= 15 is 0 Å². The lowest BCUT2D eigenvalue weighted by molar-refractivity contribution is 0.0697. The second-order valence-electron chi connectivity index (χ2n) is 6.78. The van der Waals surface area contributed by atoms with Crippen molar-refractivity contribution in [2.24, 2.45) is 5.10 Å². The van der Waals surface area contributed by atoms with Gasteiger partial charge >= 0.3 is 13.1 Å². The number of amides is 1. The van der Waals surface area contributed by atoms with Crippen molar-refractivity contribution in [2.75, 3.05) is 4.90 Å². The van der Waals surface area contributed by atoms with E-state index in [0.717, 1.165) is 5.70 Å². The van der Waals surface area contributed by atoms with Gasteiger partial charge < -0.3 is 20.1 Å². The molecule has 0 unspecified atom stereocenters. The molecule has 160 valence electrons. The first-order valence-electron chi connectivity index (χ1n) is 9.41. The van der Waals surface area contributed by atoms with Gasteiger partial charge in [-0.05, 0) is 50.0 Å². The minimum Gasteiger partial charge on any atom is -0.478 e. The van der Waals surface area contributed by atoms with Crippen LogP contribution in [0.3, 0.4) is 0 Å². The molecule has 0 heterocycles. The molecule has 2 aromatic rings. The predicted molar refractivity (Wildman–Crippen MR) is 121 cm³/mol. The smallest absolute Gasteiger partial charge is 0.478 e. The Kier molecular flexibility index (Phi) is 7.90. The zero-order valence-corrected chi connectivity index (χ0v) is 17.5. The van der Waals surface area contributed by atoms with Crippen molar-refractivity contribution < 1.29 is 24.7 Å². The molecule has 0 aliphatic rings. The number of nitrogens with zero attached hydrogens (tertiary/aromatic N) is 2. The number of hydrogen-bond acceptors (Lipinski definition) is 6. The van der Waals surface area contributed by atoms with Crippen LogP contribution in [0.4, 0.5) is 5.69 Å². The number of hydrazone groups is 1. The van der Waals surface area contributed by atoms with Gasteiger partial charge in [-0.1, -0.05) is 36.9 Å². The quantitative estimate of drug-likeness (QED) is 0.294. The minimum absolute atomic E-state index is 0.0311. The van der Waals surface area contributed by atoms with E-state index in [1.165, 1.54) is 30.5 Å². The Labute approximate surface area is 181 Å². The molecule has 0 aliphatic carbocycles. The number of rotatable bonds is 8. The van der Waals surface area contributed by atoms with E-state index in [4.69, 9.17) is 0 Å². The maximum Gasteiger partial charge on any atom is 0.488 e. The van der Waals surface area contributed by atoms with Gasteiger partial charge in [-0.25, -0.2) is 10.2 Å². The van der Waals surface area contributed by atoms with Crippen LogP contribution in [0, 0.1) is 0 Å². The molecule has 4 N–H and O–H groups in total. The van der Waals surface area contributed by atoms with Crippen LogP contribution in [0.25, 0.3) is 0 Å². The summed E-state index contributed by atoms with van der Waals surface area (Å²) < 4.78 is 0. The number of carboxylic acids is 1. The third kappa shape index (κ3) is 5.91. The molecule has 9 heteroatoms. The Morgan fingerprint density at radius 2 is 1.87 bits per heavy atom. The number of carboxylic acid groups (broad SMARTS) is 1. The lowest BCUT2D eigenvalue weighted by atomic mass is 9.80. The highest BCUT2D eigenvalue weighted by Gasteiger charge is 2.20. The first-order chi connectivity index (χ1) is 14.6. The lowest BCUT2D eigenvalue weighted by Crippen LogP contribution is -2.29. The molecule has 0 bridgehead atoms. The Morgan fingerprint density at radius 3 is 2.45 bits per heavy atom. The van der Waals surface area contributed by atoms with Gasteiger partial charge in [-0.3, -0.25) is 4.79 Å². The van der Waals surface area contributed by atoms with Gasteiger partial charge in [0.15, 0.2) is 0 Å². The number of nitrogens with one attached hydrogen (secondary N) is 1. The summed E-state index contributed by atoms with van der Waals surface area (Å²) in [5.74, 6) is -1.66. The summed E-state index contributed by atoms with van der Waals surface area (Å²) in [6, 6.07) is 10.6. The number of aromatic carboxylic acids is 1. The van der Waals surface area contributed by atoms with Gasteiger partial charge in [0.1, 0.15) is 0 Å². The average molecular weight is 421 g/mol. The molecular weight excluding hydrogens is 397 g/mol. The van der Waals surface area contributed by atoms with Gasteiger partial charge in [0.2, 0.25) is 0 Å². The van der Waals surface area contributed by atoms with Crippen LogP contribution in [-0.4, -0.2) is 40.4 Å². The standard InChI is InChI=1S/C22H24BN3O5/c1-5-15(4)26(14(2)3)20-12-17(9-10-19(20)22(28)29)21(27)25-24-13-16-7-6-8-18(11-16)23(30)31/h5-13,30-31H,2H2,1,3-4H3,(H,25,27)(H,28,29)/b15-5-,24-13+. The fourth-order valence-corrected chi connectivity index (χ4v) is 2.89. The molecule has 31 heavy (non-hydrogen) atoms. The van der Waals surface area contributed by atoms with Crippen molar-refractivity contribution in [3.8, 4) is 0 Å². The summed E-state index contributed by atoms with van der Waals surface area (Å²) in [6.45, 7) is 9.29. The zero-order valence-electron chi connectivity index (χ0n) is 17.5. The second-order valence-corrected chi connectivity index (χ2v) is 6.78. The number of anilines is 1. The molecule has 2 rings (SSSR count). The van der Waals surface area contributed by atoms with E-state index in [0.29, 0.717) is 22.4 Å². The van der Waals surface area contributed by atoms with Crippen LogP contribution in [0.1, 0.15) is 47.1 Å². The normalized spacial score (nSPS) is 11.3. The number of allylic oxidation sites excluding steroid dienone is 3. The van der Waals surface area contributed by atoms with Crippen LogP contribution in [0.15, 0.2) is 71.6 Å². The highest BCUT2D eigenvalue weighted by atomic mass is 16.4. The first-order valence-corrected chi connectivity index (χ1v) is 9.41. The molecule has 0 saturated carbocycles. The number of hydrogen-bond donors (Lipinski definition) is 4. The molecule has 0 saturated heterocycles. The number of carbonyl (C=O) groups is 2. The van der Waals surface area contributed by atoms with Crippen molar-refractivity contribution in [1.29, 1.82) is 0 Å². The third-order valence-electron chi connectivity index (χ3n) is 4.47. The Morgan fingerprint density at radius 1 is 1.16 bits per heavy atom. The maximum absolute atomic E-state index is 12.6. The second kappa shape index (κ2) is 10.4. The van der Waals surface area contributed by atoms with E-state index in [2.05, 4.69) is 17.1 Å². The van der Waals surface area contributed by atoms with Gasteiger partial charge in [-0.2, -0.15) is 5.10 Å². The summed E-state index contributed by atoms with van der Waals surface area (Å²) in [4.78, 5) is 25.9. The summed E-state index contributed by atoms with van der Waals surface area (Å²) in [7, 11) is -1.61. The SMILES string of the molecule is C=C(C)N(/C(C)=C\C)c1cc(C(=O)N/N=C/c2cccc(B(O)O)c2)ccc1C(=O)O. The Balaban J connectivity index is 2.32. The van der Waals surface area contributed by atoms with Gasteiger partial charge in [0.05, 0.1) is 17.5 Å². The third-order valence-corrected chi connectivity index (χ3v) is 4.47. The number of carbonyl (C=O) groups excluding carboxylic acids is 1. The summed E-state index contributed by atoms with van der Waals surface area (Å²) in [6.07, 6.45) is 3.18. The molecular formula is C22H24BN3O5. The van der Waals surface area contributed by atoms with E-state index in [1.807, 2.05) is 19.9 Å². The topological polar surface area (TPSA) is 122 Å².